The van der Waals surface area contributed by atoms with E-state index in [4.69, 9.17) is 0 Å². The summed E-state index contributed by atoms with van der Waals surface area (Å²) in [4.78, 5) is 18.1. The third-order valence-electron chi connectivity index (χ3n) is 4.99. The third kappa shape index (κ3) is 2.57. The number of aromatic nitrogens is 1. The summed E-state index contributed by atoms with van der Waals surface area (Å²) in [5.74, 6) is -0.806. The highest BCUT2D eigenvalue weighted by Gasteiger charge is 2.50. The number of carboxylic acid groups (broad SMARTS) is 1. The Balaban J connectivity index is 1.74. The van der Waals surface area contributed by atoms with Gasteiger partial charge >= 0.3 is 5.97 Å². The lowest BCUT2D eigenvalue weighted by Crippen LogP contribution is -2.36. The van der Waals surface area contributed by atoms with Gasteiger partial charge in [0, 0.05) is 32.0 Å². The summed E-state index contributed by atoms with van der Waals surface area (Å²) in [6.07, 6.45) is 9.44. The molecular formula is C16H22N2O2. The van der Waals surface area contributed by atoms with E-state index in [1.54, 1.807) is 6.20 Å². The second kappa shape index (κ2) is 5.52. The number of likely N-dealkylation sites (tertiary alicyclic amines) is 1. The van der Waals surface area contributed by atoms with Crippen LogP contribution in [0.15, 0.2) is 24.5 Å². The molecule has 3 rings (SSSR count). The van der Waals surface area contributed by atoms with E-state index in [9.17, 15) is 9.90 Å². The fourth-order valence-corrected chi connectivity index (χ4v) is 4.04. The van der Waals surface area contributed by atoms with Crippen LogP contribution in [0, 0.1) is 11.3 Å². The fourth-order valence-electron chi connectivity index (χ4n) is 4.04. The Kier molecular flexibility index (Phi) is 3.74. The van der Waals surface area contributed by atoms with Crippen LogP contribution in [0.2, 0.25) is 0 Å². The average molecular weight is 274 g/mol. The van der Waals surface area contributed by atoms with Crippen molar-refractivity contribution in [2.75, 3.05) is 13.1 Å². The predicted molar refractivity (Wildman–Crippen MR) is 76.2 cm³/mol. The van der Waals surface area contributed by atoms with E-state index >= 15 is 0 Å². The number of hydrogen-bond donors (Lipinski definition) is 1. The molecule has 2 aliphatic rings. The topological polar surface area (TPSA) is 53.4 Å². The molecule has 1 aliphatic carbocycles. The zero-order valence-corrected chi connectivity index (χ0v) is 11.8. The molecule has 1 unspecified atom stereocenters. The maximum absolute atomic E-state index is 11.6. The van der Waals surface area contributed by atoms with Gasteiger partial charge in [0.05, 0.1) is 5.92 Å². The largest absolute Gasteiger partial charge is 0.481 e. The average Bonchev–Trinajstić information content (AvgIpc) is 2.79. The van der Waals surface area contributed by atoms with Gasteiger partial charge in [-0.05, 0) is 29.9 Å². The van der Waals surface area contributed by atoms with Crippen molar-refractivity contribution in [2.45, 2.75) is 38.6 Å². The number of carboxylic acids is 1. The molecule has 0 radical (unpaired) electrons. The minimum absolute atomic E-state index is 0.0201. The number of carbonyl (C=O) groups is 1. The molecule has 1 aromatic rings. The maximum Gasteiger partial charge on any atom is 0.308 e. The Morgan fingerprint density at radius 1 is 1.40 bits per heavy atom. The SMILES string of the molecule is O=C(O)C1CN(Cc2cccnc2)CC12CCCCC2. The monoisotopic (exact) mass is 274 g/mol. The lowest BCUT2D eigenvalue weighted by atomic mass is 9.68. The first-order valence-electron chi connectivity index (χ1n) is 7.54. The van der Waals surface area contributed by atoms with Gasteiger partial charge in [0.2, 0.25) is 0 Å². The molecule has 1 aromatic heterocycles. The van der Waals surface area contributed by atoms with Crippen molar-refractivity contribution in [3.05, 3.63) is 30.1 Å². The highest BCUT2D eigenvalue weighted by atomic mass is 16.4. The molecule has 4 heteroatoms. The van der Waals surface area contributed by atoms with Crippen LogP contribution in [0.5, 0.6) is 0 Å². The third-order valence-corrected chi connectivity index (χ3v) is 4.99. The van der Waals surface area contributed by atoms with E-state index in [0.29, 0.717) is 6.54 Å². The first kappa shape index (κ1) is 13.6. The van der Waals surface area contributed by atoms with Crippen molar-refractivity contribution in [1.29, 1.82) is 0 Å². The van der Waals surface area contributed by atoms with Crippen LogP contribution in [0.3, 0.4) is 0 Å². The second-order valence-electron chi connectivity index (χ2n) is 6.34. The summed E-state index contributed by atoms with van der Waals surface area (Å²) >= 11 is 0. The van der Waals surface area contributed by atoms with Crippen LogP contribution in [0.1, 0.15) is 37.7 Å². The summed E-state index contributed by atoms with van der Waals surface area (Å²) < 4.78 is 0. The zero-order chi connectivity index (χ0) is 14.0. The molecule has 0 aromatic carbocycles. The van der Waals surface area contributed by atoms with E-state index in [-0.39, 0.29) is 11.3 Å². The quantitative estimate of drug-likeness (QED) is 0.920. The van der Waals surface area contributed by atoms with Crippen LogP contribution in [0.25, 0.3) is 0 Å². The van der Waals surface area contributed by atoms with Gasteiger partial charge in [-0.15, -0.1) is 0 Å². The van der Waals surface area contributed by atoms with E-state index in [1.807, 2.05) is 12.3 Å². The second-order valence-corrected chi connectivity index (χ2v) is 6.34. The number of hydrogen-bond acceptors (Lipinski definition) is 3. The summed E-state index contributed by atoms with van der Waals surface area (Å²) in [7, 11) is 0. The number of nitrogens with zero attached hydrogens (tertiary/aromatic N) is 2. The summed E-state index contributed by atoms with van der Waals surface area (Å²) in [5.41, 5.74) is 1.19. The van der Waals surface area contributed by atoms with Crippen LogP contribution < -0.4 is 0 Å². The van der Waals surface area contributed by atoms with Gasteiger partial charge in [-0.2, -0.15) is 0 Å². The van der Waals surface area contributed by atoms with Crippen LogP contribution in [0.4, 0.5) is 0 Å². The number of pyridine rings is 1. The molecule has 1 aliphatic heterocycles. The molecule has 1 spiro atoms. The van der Waals surface area contributed by atoms with Crippen LogP contribution in [-0.2, 0) is 11.3 Å². The standard InChI is InChI=1S/C16H22N2O2/c19-15(20)14-11-18(10-13-5-4-8-17-9-13)12-16(14)6-2-1-3-7-16/h4-5,8-9,14H,1-3,6-7,10-12H2,(H,19,20). The normalized spacial score (nSPS) is 25.9. The fraction of sp³-hybridized carbons (Fsp3) is 0.625. The molecule has 0 bridgehead atoms. The number of aliphatic carboxylic acids is 1. The Morgan fingerprint density at radius 2 is 2.20 bits per heavy atom. The first-order chi connectivity index (χ1) is 9.70. The van der Waals surface area contributed by atoms with Gasteiger partial charge < -0.3 is 5.11 Å². The lowest BCUT2D eigenvalue weighted by Gasteiger charge is -2.36. The van der Waals surface area contributed by atoms with E-state index in [1.165, 1.54) is 24.8 Å². The molecular weight excluding hydrogens is 252 g/mol. The molecule has 2 heterocycles. The van der Waals surface area contributed by atoms with E-state index in [2.05, 4.69) is 16.0 Å². The van der Waals surface area contributed by atoms with Gasteiger partial charge in [-0.1, -0.05) is 25.3 Å². The molecule has 1 saturated heterocycles. The number of rotatable bonds is 3. The summed E-state index contributed by atoms with van der Waals surface area (Å²) in [6.45, 7) is 2.43. The Morgan fingerprint density at radius 3 is 2.85 bits per heavy atom. The molecule has 108 valence electrons. The highest BCUT2D eigenvalue weighted by Crippen LogP contribution is 2.47. The van der Waals surface area contributed by atoms with Crippen molar-refractivity contribution in [2.24, 2.45) is 11.3 Å². The maximum atomic E-state index is 11.6. The lowest BCUT2D eigenvalue weighted by molar-refractivity contribution is -0.145. The van der Waals surface area contributed by atoms with Crippen molar-refractivity contribution < 1.29 is 9.90 Å². The van der Waals surface area contributed by atoms with Gasteiger partial charge in [0.25, 0.3) is 0 Å². The van der Waals surface area contributed by atoms with Crippen LogP contribution in [-0.4, -0.2) is 34.0 Å². The Bertz CT molecular complexity index is 469. The van der Waals surface area contributed by atoms with Crippen LogP contribution >= 0.6 is 0 Å². The van der Waals surface area contributed by atoms with Gasteiger partial charge in [0.1, 0.15) is 0 Å². The Labute approximate surface area is 119 Å². The van der Waals surface area contributed by atoms with Crippen molar-refractivity contribution in [3.8, 4) is 0 Å². The predicted octanol–water partition coefficient (Wildman–Crippen LogP) is 2.55. The van der Waals surface area contributed by atoms with E-state index < -0.39 is 5.97 Å². The smallest absolute Gasteiger partial charge is 0.308 e. The minimum atomic E-state index is -0.611. The van der Waals surface area contributed by atoms with Gasteiger partial charge in [-0.25, -0.2) is 0 Å². The first-order valence-corrected chi connectivity index (χ1v) is 7.54. The van der Waals surface area contributed by atoms with E-state index in [0.717, 1.165) is 25.9 Å². The minimum Gasteiger partial charge on any atom is -0.481 e. The highest BCUT2D eigenvalue weighted by molar-refractivity contribution is 5.72. The zero-order valence-electron chi connectivity index (χ0n) is 11.8. The van der Waals surface area contributed by atoms with Crippen molar-refractivity contribution >= 4 is 5.97 Å². The molecule has 1 N–H and O–H groups in total. The van der Waals surface area contributed by atoms with Gasteiger partial charge in [-0.3, -0.25) is 14.7 Å². The van der Waals surface area contributed by atoms with Crippen molar-refractivity contribution in [3.63, 3.8) is 0 Å². The van der Waals surface area contributed by atoms with Gasteiger partial charge in [0.15, 0.2) is 0 Å². The molecule has 1 saturated carbocycles. The van der Waals surface area contributed by atoms with Crippen molar-refractivity contribution in [1.82, 2.24) is 9.88 Å². The Hall–Kier alpha value is -1.42. The molecule has 20 heavy (non-hydrogen) atoms. The molecule has 2 fully saturated rings. The molecule has 4 nitrogen and oxygen atoms in total. The molecule has 1 atom stereocenters. The summed E-state index contributed by atoms with van der Waals surface area (Å²) in [5, 5.41) is 9.58. The molecule has 0 amide bonds. The summed E-state index contributed by atoms with van der Waals surface area (Å²) in [6, 6.07) is 4.01.